The Bertz CT molecular complexity index is 1130. The summed E-state index contributed by atoms with van der Waals surface area (Å²) in [7, 11) is -2.81. The highest BCUT2D eigenvalue weighted by molar-refractivity contribution is 7.89. The fourth-order valence-electron chi connectivity index (χ4n) is 3.84. The van der Waals surface area contributed by atoms with Gasteiger partial charge in [-0.15, -0.1) is 0 Å². The Morgan fingerprint density at radius 3 is 1.88 bits per heavy atom. The van der Waals surface area contributed by atoms with Crippen molar-refractivity contribution in [2.24, 2.45) is 5.92 Å². The van der Waals surface area contributed by atoms with Gasteiger partial charge < -0.3 is 4.74 Å². The largest absolute Gasteiger partial charge is 0.468 e. The summed E-state index contributed by atoms with van der Waals surface area (Å²) in [4.78, 5) is 17.1. The van der Waals surface area contributed by atoms with Gasteiger partial charge in [0.05, 0.1) is 7.11 Å². The number of sulfonamides is 1. The number of aromatic nitrogens is 1. The zero-order valence-electron chi connectivity index (χ0n) is 19.4. The van der Waals surface area contributed by atoms with Crippen molar-refractivity contribution in [3.8, 4) is 0 Å². The number of nitrogens with one attached hydrogen (secondary N) is 1. The average molecular weight is 467 g/mol. The molecule has 0 aliphatic rings. The van der Waals surface area contributed by atoms with Gasteiger partial charge in [0.25, 0.3) is 10.0 Å². The molecule has 7 heteroatoms. The summed E-state index contributed by atoms with van der Waals surface area (Å²) in [5.74, 6) is -1.07. The van der Waals surface area contributed by atoms with E-state index in [0.29, 0.717) is 12.8 Å². The Morgan fingerprint density at radius 2 is 1.45 bits per heavy atom. The zero-order chi connectivity index (χ0) is 24.1. The Hall–Kier alpha value is -3.03. The highest BCUT2D eigenvalue weighted by Crippen LogP contribution is 2.29. The molecule has 0 radical (unpaired) electrons. The van der Waals surface area contributed by atoms with Gasteiger partial charge in [-0.05, 0) is 62.8 Å². The van der Waals surface area contributed by atoms with Crippen LogP contribution >= 0.6 is 0 Å². The average Bonchev–Trinajstić information content (AvgIpc) is 2.81. The van der Waals surface area contributed by atoms with Crippen molar-refractivity contribution in [2.75, 3.05) is 7.11 Å². The molecule has 0 saturated heterocycles. The van der Waals surface area contributed by atoms with E-state index in [9.17, 15) is 13.2 Å². The van der Waals surface area contributed by atoms with Gasteiger partial charge in [-0.25, -0.2) is 13.4 Å². The third kappa shape index (κ3) is 6.06. The van der Waals surface area contributed by atoms with Crippen molar-refractivity contribution in [2.45, 2.75) is 44.2 Å². The quantitative estimate of drug-likeness (QED) is 0.482. The molecule has 1 N–H and O–H groups in total. The molecule has 6 nitrogen and oxygen atoms in total. The standard InChI is InChI=1S/C26H30N2O4S/c1-19-8-12-21(13-9-19)17-23(18-22-14-10-20(2)11-15-22)26(3,25(29)32-4)28-33(30,31)24-7-5-6-16-27-24/h5-16,23,28H,17-18H2,1-4H3. The first-order valence-corrected chi connectivity index (χ1v) is 12.3. The van der Waals surface area contributed by atoms with Crippen molar-refractivity contribution in [3.05, 3.63) is 95.2 Å². The van der Waals surface area contributed by atoms with Crippen LogP contribution in [0, 0.1) is 19.8 Å². The molecular weight excluding hydrogens is 436 g/mol. The van der Waals surface area contributed by atoms with Crippen molar-refractivity contribution in [1.29, 1.82) is 0 Å². The second-order valence-corrected chi connectivity index (χ2v) is 10.2. The highest BCUT2D eigenvalue weighted by Gasteiger charge is 2.46. The number of esters is 1. The third-order valence-electron chi connectivity index (χ3n) is 5.89. The summed E-state index contributed by atoms with van der Waals surface area (Å²) in [6.45, 7) is 5.60. The normalized spacial score (nSPS) is 13.5. The molecule has 33 heavy (non-hydrogen) atoms. The number of nitrogens with zero attached hydrogens (tertiary/aromatic N) is 1. The van der Waals surface area contributed by atoms with Crippen LogP contribution in [0.3, 0.4) is 0 Å². The lowest BCUT2D eigenvalue weighted by atomic mass is 9.78. The Balaban J connectivity index is 2.04. The number of carbonyl (C=O) groups is 1. The second kappa shape index (κ2) is 10.3. The first-order valence-electron chi connectivity index (χ1n) is 10.8. The molecule has 0 bridgehead atoms. The number of rotatable bonds is 9. The van der Waals surface area contributed by atoms with Crippen molar-refractivity contribution in [3.63, 3.8) is 0 Å². The number of carbonyl (C=O) groups excluding carboxylic acids is 1. The van der Waals surface area contributed by atoms with Gasteiger partial charge in [0.2, 0.25) is 0 Å². The minimum absolute atomic E-state index is 0.149. The number of methoxy groups -OCH3 is 1. The number of hydrogen-bond acceptors (Lipinski definition) is 5. The summed E-state index contributed by atoms with van der Waals surface area (Å²) in [5.41, 5.74) is 2.73. The fourth-order valence-corrected chi connectivity index (χ4v) is 5.21. The van der Waals surface area contributed by atoms with E-state index < -0.39 is 27.4 Å². The number of ether oxygens (including phenoxy) is 1. The van der Waals surface area contributed by atoms with Gasteiger partial charge in [0.1, 0.15) is 5.54 Å². The highest BCUT2D eigenvalue weighted by atomic mass is 32.2. The van der Waals surface area contributed by atoms with Crippen LogP contribution in [0.25, 0.3) is 0 Å². The molecule has 1 aromatic heterocycles. The molecule has 3 aromatic rings. The van der Waals surface area contributed by atoms with Crippen LogP contribution in [0.15, 0.2) is 78.0 Å². The second-order valence-electron chi connectivity index (χ2n) is 8.54. The maximum Gasteiger partial charge on any atom is 0.327 e. The summed E-state index contributed by atoms with van der Waals surface area (Å²) < 4.78 is 34.1. The van der Waals surface area contributed by atoms with Gasteiger partial charge in [-0.3, -0.25) is 4.79 Å². The molecule has 0 spiro atoms. The van der Waals surface area contributed by atoms with E-state index in [0.717, 1.165) is 22.3 Å². The number of pyridine rings is 1. The van der Waals surface area contributed by atoms with Crippen molar-refractivity contribution < 1.29 is 17.9 Å². The van der Waals surface area contributed by atoms with E-state index in [1.54, 1.807) is 19.1 Å². The molecular formula is C26H30N2O4S. The molecule has 0 amide bonds. The molecule has 1 atom stereocenters. The van der Waals surface area contributed by atoms with Gasteiger partial charge in [-0.2, -0.15) is 4.72 Å². The zero-order valence-corrected chi connectivity index (χ0v) is 20.2. The predicted molar refractivity (Wildman–Crippen MR) is 128 cm³/mol. The van der Waals surface area contributed by atoms with Gasteiger partial charge >= 0.3 is 5.97 Å². The number of aryl methyl sites for hydroxylation is 2. The maximum absolute atomic E-state index is 13.2. The van der Waals surface area contributed by atoms with Crippen LogP contribution in [0.5, 0.6) is 0 Å². The Morgan fingerprint density at radius 1 is 0.939 bits per heavy atom. The number of benzene rings is 2. The van der Waals surface area contributed by atoms with Crippen molar-refractivity contribution in [1.82, 2.24) is 9.71 Å². The fraction of sp³-hybridized carbons (Fsp3) is 0.308. The lowest BCUT2D eigenvalue weighted by Gasteiger charge is -2.36. The monoisotopic (exact) mass is 466 g/mol. The molecule has 0 saturated carbocycles. The van der Waals surface area contributed by atoms with Crippen molar-refractivity contribution >= 4 is 16.0 Å². The summed E-state index contributed by atoms with van der Waals surface area (Å²) >= 11 is 0. The number of hydrogen-bond donors (Lipinski definition) is 1. The van der Waals surface area contributed by atoms with E-state index in [1.807, 2.05) is 62.4 Å². The van der Waals surface area contributed by atoms with Crippen LogP contribution in [0.2, 0.25) is 0 Å². The molecule has 3 rings (SSSR count). The lowest BCUT2D eigenvalue weighted by Crippen LogP contribution is -2.58. The Kier molecular flexibility index (Phi) is 7.66. The van der Waals surface area contributed by atoms with Crippen LogP contribution in [0.4, 0.5) is 0 Å². The van der Waals surface area contributed by atoms with Gasteiger partial charge in [-0.1, -0.05) is 65.7 Å². The molecule has 0 aliphatic carbocycles. The Labute approximate surface area is 196 Å². The molecule has 0 aliphatic heterocycles. The van der Waals surface area contributed by atoms with Crippen LogP contribution in [-0.2, 0) is 32.4 Å². The minimum Gasteiger partial charge on any atom is -0.468 e. The summed E-state index contributed by atoms with van der Waals surface area (Å²) in [5, 5.41) is -0.149. The van der Waals surface area contributed by atoms with Crippen LogP contribution in [0.1, 0.15) is 29.2 Å². The van der Waals surface area contributed by atoms with E-state index in [1.165, 1.54) is 19.4 Å². The summed E-state index contributed by atoms with van der Waals surface area (Å²) in [6.07, 6.45) is 2.36. The topological polar surface area (TPSA) is 85.4 Å². The van der Waals surface area contributed by atoms with E-state index in [2.05, 4.69) is 9.71 Å². The van der Waals surface area contributed by atoms with Crippen LogP contribution in [-0.4, -0.2) is 32.0 Å². The molecule has 2 aromatic carbocycles. The molecule has 174 valence electrons. The smallest absolute Gasteiger partial charge is 0.327 e. The van der Waals surface area contributed by atoms with Gasteiger partial charge in [0, 0.05) is 6.20 Å². The van der Waals surface area contributed by atoms with E-state index in [4.69, 9.17) is 4.74 Å². The van der Waals surface area contributed by atoms with Crippen LogP contribution < -0.4 is 4.72 Å². The van der Waals surface area contributed by atoms with E-state index in [-0.39, 0.29) is 5.03 Å². The minimum atomic E-state index is -4.08. The molecule has 1 heterocycles. The van der Waals surface area contributed by atoms with Gasteiger partial charge in [0.15, 0.2) is 5.03 Å². The first kappa shape index (κ1) is 24.6. The molecule has 0 fully saturated rings. The first-order chi connectivity index (χ1) is 15.6. The maximum atomic E-state index is 13.2. The SMILES string of the molecule is COC(=O)C(C)(NS(=O)(=O)c1ccccn1)C(Cc1ccc(C)cc1)Cc1ccc(C)cc1. The van der Waals surface area contributed by atoms with E-state index >= 15 is 0 Å². The lowest BCUT2D eigenvalue weighted by molar-refractivity contribution is -0.149. The predicted octanol–water partition coefficient (Wildman–Crippen LogP) is 4.01. The third-order valence-corrected chi connectivity index (χ3v) is 7.38. The molecule has 1 unspecified atom stereocenters. The summed E-state index contributed by atoms with van der Waals surface area (Å²) in [6, 6.07) is 20.7.